The fourth-order valence-electron chi connectivity index (χ4n) is 0.898. The normalized spacial score (nSPS) is 25.1. The summed E-state index contributed by atoms with van der Waals surface area (Å²) in [4.78, 5) is 0. The van der Waals surface area contributed by atoms with Crippen molar-refractivity contribution in [2.45, 2.75) is 18.9 Å². The van der Waals surface area contributed by atoms with Crippen LogP contribution in [0, 0.1) is 0 Å². The highest BCUT2D eigenvalue weighted by Crippen LogP contribution is 2.10. The zero-order valence-electron chi connectivity index (χ0n) is 5.79. The highest BCUT2D eigenvalue weighted by molar-refractivity contribution is 6.18. The van der Waals surface area contributed by atoms with E-state index in [2.05, 4.69) is 0 Å². The largest absolute Gasteiger partial charge is 0.494 e. The van der Waals surface area contributed by atoms with Crippen LogP contribution in [0.25, 0.3) is 0 Å². The van der Waals surface area contributed by atoms with Gasteiger partial charge in [0.05, 0.1) is 6.26 Å². The zero-order chi connectivity index (χ0) is 7.23. The molecule has 0 N–H and O–H groups in total. The minimum absolute atomic E-state index is 0.253. The van der Waals surface area contributed by atoms with Crippen LogP contribution in [0.3, 0.4) is 0 Å². The summed E-state index contributed by atoms with van der Waals surface area (Å²) >= 11 is 5.46. The number of hydrogen-bond donors (Lipinski definition) is 0. The van der Waals surface area contributed by atoms with Crippen molar-refractivity contribution in [3.05, 3.63) is 24.5 Å². The van der Waals surface area contributed by atoms with Gasteiger partial charge in [-0.3, -0.25) is 0 Å². The molecule has 2 heteroatoms. The molecule has 0 fully saturated rings. The van der Waals surface area contributed by atoms with Crippen molar-refractivity contribution in [1.82, 2.24) is 0 Å². The zero-order valence-corrected chi connectivity index (χ0v) is 6.55. The van der Waals surface area contributed by atoms with Crippen LogP contribution in [0.4, 0.5) is 0 Å². The van der Waals surface area contributed by atoms with E-state index in [1.807, 2.05) is 18.2 Å². The lowest BCUT2D eigenvalue weighted by molar-refractivity contribution is 0.165. The molecule has 0 aromatic heterocycles. The molecule has 0 aliphatic carbocycles. The van der Waals surface area contributed by atoms with Gasteiger partial charge in [-0.2, -0.15) is 0 Å². The molecule has 1 rings (SSSR count). The number of rotatable bonds is 2. The van der Waals surface area contributed by atoms with E-state index in [1.54, 1.807) is 6.26 Å². The fourth-order valence-corrected chi connectivity index (χ4v) is 1.00. The first-order valence-electron chi connectivity index (χ1n) is 3.46. The van der Waals surface area contributed by atoms with E-state index >= 15 is 0 Å². The fraction of sp³-hybridized carbons (Fsp3) is 0.500. The van der Waals surface area contributed by atoms with E-state index < -0.39 is 0 Å². The molecule has 0 amide bonds. The second kappa shape index (κ2) is 4.40. The van der Waals surface area contributed by atoms with Gasteiger partial charge in [0.15, 0.2) is 0 Å². The average molecular weight is 159 g/mol. The predicted molar refractivity (Wildman–Crippen MR) is 43.1 cm³/mol. The molecule has 1 aliphatic heterocycles. The van der Waals surface area contributed by atoms with Crippen LogP contribution < -0.4 is 0 Å². The Bertz CT molecular complexity index is 140. The molecular formula is C8H11ClO. The van der Waals surface area contributed by atoms with Crippen LogP contribution in [-0.4, -0.2) is 12.0 Å². The van der Waals surface area contributed by atoms with Crippen molar-refractivity contribution in [3.8, 4) is 0 Å². The molecule has 10 heavy (non-hydrogen) atoms. The number of ether oxygens (including phenoxy) is 1. The first kappa shape index (κ1) is 7.67. The van der Waals surface area contributed by atoms with E-state index in [0.717, 1.165) is 12.8 Å². The van der Waals surface area contributed by atoms with Gasteiger partial charge in [0.2, 0.25) is 0 Å². The number of alkyl halides is 1. The van der Waals surface area contributed by atoms with Crippen molar-refractivity contribution in [1.29, 1.82) is 0 Å². The Kier molecular flexibility index (Phi) is 3.37. The van der Waals surface area contributed by atoms with Crippen LogP contribution in [0.2, 0.25) is 0 Å². The minimum Gasteiger partial charge on any atom is -0.494 e. The second-order valence-corrected chi connectivity index (χ2v) is 2.51. The molecular weight excluding hydrogens is 148 g/mol. The molecule has 0 spiro atoms. The second-order valence-electron chi connectivity index (χ2n) is 2.21. The summed E-state index contributed by atoms with van der Waals surface area (Å²) in [5.74, 6) is 0.573. The van der Waals surface area contributed by atoms with Gasteiger partial charge < -0.3 is 4.74 Å². The third-order valence-electron chi connectivity index (χ3n) is 1.41. The Morgan fingerprint density at radius 2 is 2.60 bits per heavy atom. The van der Waals surface area contributed by atoms with Gasteiger partial charge >= 0.3 is 0 Å². The molecule has 0 saturated carbocycles. The summed E-state index contributed by atoms with van der Waals surface area (Å²) in [6, 6.07) is 0. The van der Waals surface area contributed by atoms with Gasteiger partial charge in [-0.1, -0.05) is 6.08 Å². The number of hydrogen-bond acceptors (Lipinski definition) is 1. The first-order valence-corrected chi connectivity index (χ1v) is 4.00. The third kappa shape index (κ3) is 2.44. The van der Waals surface area contributed by atoms with Crippen molar-refractivity contribution in [2.75, 3.05) is 5.88 Å². The molecule has 1 aliphatic rings. The van der Waals surface area contributed by atoms with Gasteiger partial charge in [0.1, 0.15) is 6.10 Å². The summed E-state index contributed by atoms with van der Waals surface area (Å²) in [5, 5.41) is 0. The summed E-state index contributed by atoms with van der Waals surface area (Å²) in [7, 11) is 0. The van der Waals surface area contributed by atoms with Crippen molar-refractivity contribution < 1.29 is 4.74 Å². The Morgan fingerprint density at radius 1 is 1.70 bits per heavy atom. The highest BCUT2D eigenvalue weighted by atomic mass is 35.5. The summed E-state index contributed by atoms with van der Waals surface area (Å²) in [5.41, 5.74) is 0. The molecule has 1 unspecified atom stereocenters. The SMILES string of the molecule is ClCC=CC1CCC=CO1. The van der Waals surface area contributed by atoms with Crippen LogP contribution in [-0.2, 0) is 4.74 Å². The average Bonchev–Trinajstić information content (AvgIpc) is 2.03. The smallest absolute Gasteiger partial charge is 0.116 e. The lowest BCUT2D eigenvalue weighted by atomic mass is 10.1. The lowest BCUT2D eigenvalue weighted by Crippen LogP contribution is -2.08. The van der Waals surface area contributed by atoms with E-state index in [9.17, 15) is 0 Å². The maximum absolute atomic E-state index is 5.46. The molecule has 56 valence electrons. The predicted octanol–water partition coefficient (Wildman–Crippen LogP) is 2.47. The van der Waals surface area contributed by atoms with E-state index in [4.69, 9.17) is 16.3 Å². The van der Waals surface area contributed by atoms with E-state index in [-0.39, 0.29) is 6.10 Å². The maximum atomic E-state index is 5.46. The molecule has 0 aromatic rings. The highest BCUT2D eigenvalue weighted by Gasteiger charge is 2.04. The quantitative estimate of drug-likeness (QED) is 0.443. The Labute approximate surface area is 66.3 Å². The van der Waals surface area contributed by atoms with Gasteiger partial charge in [0.25, 0.3) is 0 Å². The molecule has 0 aromatic carbocycles. The standard InChI is InChI=1S/C8H11ClO/c9-6-3-5-8-4-1-2-7-10-8/h2-3,5,7-8H,1,4,6H2. The topological polar surface area (TPSA) is 9.23 Å². The lowest BCUT2D eigenvalue weighted by Gasteiger charge is -2.14. The number of allylic oxidation sites excluding steroid dienone is 2. The van der Waals surface area contributed by atoms with E-state index in [1.165, 1.54) is 0 Å². The monoisotopic (exact) mass is 158 g/mol. The van der Waals surface area contributed by atoms with E-state index in [0.29, 0.717) is 5.88 Å². The van der Waals surface area contributed by atoms with Gasteiger partial charge in [-0.25, -0.2) is 0 Å². The minimum atomic E-state index is 0.253. The Morgan fingerprint density at radius 3 is 3.20 bits per heavy atom. The molecule has 0 bridgehead atoms. The van der Waals surface area contributed by atoms with Crippen LogP contribution in [0.15, 0.2) is 24.5 Å². The maximum Gasteiger partial charge on any atom is 0.116 e. The summed E-state index contributed by atoms with van der Waals surface area (Å²) in [6.45, 7) is 0. The van der Waals surface area contributed by atoms with Crippen LogP contribution >= 0.6 is 11.6 Å². The van der Waals surface area contributed by atoms with Crippen molar-refractivity contribution >= 4 is 11.6 Å². The van der Waals surface area contributed by atoms with Crippen LogP contribution in [0.1, 0.15) is 12.8 Å². The van der Waals surface area contributed by atoms with Crippen LogP contribution in [0.5, 0.6) is 0 Å². The van der Waals surface area contributed by atoms with Crippen molar-refractivity contribution in [2.24, 2.45) is 0 Å². The molecule has 0 radical (unpaired) electrons. The third-order valence-corrected chi connectivity index (χ3v) is 1.59. The van der Waals surface area contributed by atoms with Gasteiger partial charge in [-0.15, -0.1) is 11.6 Å². The number of halogens is 1. The summed E-state index contributed by atoms with van der Waals surface area (Å²) in [6.07, 6.45) is 10.2. The van der Waals surface area contributed by atoms with Crippen molar-refractivity contribution in [3.63, 3.8) is 0 Å². The molecule has 1 heterocycles. The summed E-state index contributed by atoms with van der Waals surface area (Å²) < 4.78 is 5.25. The first-order chi connectivity index (χ1) is 4.93. The Balaban J connectivity index is 2.28. The molecule has 0 saturated heterocycles. The molecule has 1 atom stereocenters. The van der Waals surface area contributed by atoms with Gasteiger partial charge in [0, 0.05) is 5.88 Å². The van der Waals surface area contributed by atoms with Gasteiger partial charge in [-0.05, 0) is 25.0 Å². The molecule has 1 nitrogen and oxygen atoms in total. The Hall–Kier alpha value is -0.430.